The van der Waals surface area contributed by atoms with E-state index in [-0.39, 0.29) is 10.6 Å². The van der Waals surface area contributed by atoms with Crippen molar-refractivity contribution in [2.75, 3.05) is 31.4 Å². The Labute approximate surface area is 193 Å². The topological polar surface area (TPSA) is 105 Å². The molecule has 1 aliphatic rings. The molecule has 174 valence electrons. The minimum atomic E-state index is -0.379. The van der Waals surface area contributed by atoms with Gasteiger partial charge in [-0.05, 0) is 43.9 Å². The molecule has 0 bridgehead atoms. The van der Waals surface area contributed by atoms with Crippen molar-refractivity contribution >= 4 is 28.4 Å². The van der Waals surface area contributed by atoms with Crippen molar-refractivity contribution in [2.45, 2.75) is 44.3 Å². The number of anilines is 2. The van der Waals surface area contributed by atoms with Gasteiger partial charge in [-0.3, -0.25) is 10.1 Å². The van der Waals surface area contributed by atoms with Crippen LogP contribution in [0.1, 0.15) is 31.2 Å². The van der Waals surface area contributed by atoms with E-state index in [9.17, 15) is 10.1 Å². The van der Waals surface area contributed by atoms with Crippen molar-refractivity contribution in [3.8, 4) is 5.75 Å². The monoisotopic (exact) mass is 450 g/mol. The number of hydrogen-bond donors (Lipinski definition) is 2. The maximum Gasteiger partial charge on any atom is 0.270 e. The second-order valence-corrected chi connectivity index (χ2v) is 8.61. The van der Waals surface area contributed by atoms with Gasteiger partial charge in [0.15, 0.2) is 0 Å². The number of nitro groups is 1. The third-order valence-corrected chi connectivity index (χ3v) is 6.12. The Morgan fingerprint density at radius 1 is 1.09 bits per heavy atom. The Morgan fingerprint density at radius 2 is 1.82 bits per heavy atom. The van der Waals surface area contributed by atoms with Crippen LogP contribution in [0.3, 0.4) is 0 Å². The molecule has 3 aromatic rings. The van der Waals surface area contributed by atoms with E-state index in [1.54, 1.807) is 19.2 Å². The molecular formula is C24H30N6O3. The Kier molecular flexibility index (Phi) is 6.88. The summed E-state index contributed by atoms with van der Waals surface area (Å²) in [5, 5.41) is 19.2. The SMILES string of the molecule is COc1ccc([N+](=O)[O-])cc1CN[C@H]1CC[C@@H](Nc2nc(N(C)C)c3ccccc3n2)CC1. The summed E-state index contributed by atoms with van der Waals surface area (Å²) in [6.45, 7) is 0.535. The Bertz CT molecular complexity index is 1130. The molecule has 1 heterocycles. The maximum absolute atomic E-state index is 11.1. The fourth-order valence-electron chi connectivity index (χ4n) is 4.36. The Hall–Kier alpha value is -3.46. The number of rotatable bonds is 8. The number of nitro benzene ring substituents is 1. The van der Waals surface area contributed by atoms with Crippen LogP contribution in [-0.2, 0) is 6.54 Å². The van der Waals surface area contributed by atoms with Crippen molar-refractivity contribution < 1.29 is 9.66 Å². The quantitative estimate of drug-likeness (QED) is 0.390. The number of para-hydroxylation sites is 1. The second-order valence-electron chi connectivity index (χ2n) is 8.61. The van der Waals surface area contributed by atoms with E-state index in [0.29, 0.717) is 30.3 Å². The molecule has 1 saturated carbocycles. The molecule has 0 atom stereocenters. The highest BCUT2D eigenvalue weighted by Crippen LogP contribution is 2.28. The van der Waals surface area contributed by atoms with Gasteiger partial charge in [-0.2, -0.15) is 4.98 Å². The predicted octanol–water partition coefficient (Wildman–Crippen LogP) is 4.13. The molecule has 9 nitrogen and oxygen atoms in total. The largest absolute Gasteiger partial charge is 0.496 e. The number of benzene rings is 2. The molecular weight excluding hydrogens is 420 g/mol. The van der Waals surface area contributed by atoms with Crippen molar-refractivity contribution in [2.24, 2.45) is 0 Å². The number of non-ortho nitro benzene ring substituents is 1. The van der Waals surface area contributed by atoms with E-state index >= 15 is 0 Å². The van der Waals surface area contributed by atoms with Crippen LogP contribution < -0.4 is 20.3 Å². The first-order valence-corrected chi connectivity index (χ1v) is 11.2. The van der Waals surface area contributed by atoms with Crippen molar-refractivity contribution in [1.82, 2.24) is 15.3 Å². The van der Waals surface area contributed by atoms with E-state index in [4.69, 9.17) is 14.7 Å². The lowest BCUT2D eigenvalue weighted by atomic mass is 9.91. The van der Waals surface area contributed by atoms with Crippen molar-refractivity contribution in [3.63, 3.8) is 0 Å². The summed E-state index contributed by atoms with van der Waals surface area (Å²) in [4.78, 5) is 22.2. The van der Waals surface area contributed by atoms with Gasteiger partial charge in [0.05, 0.1) is 17.5 Å². The van der Waals surface area contributed by atoms with Gasteiger partial charge in [0.1, 0.15) is 11.6 Å². The second kappa shape index (κ2) is 9.99. The molecule has 33 heavy (non-hydrogen) atoms. The van der Waals surface area contributed by atoms with E-state index in [1.807, 2.05) is 43.3 Å². The zero-order chi connectivity index (χ0) is 23.4. The highest BCUT2D eigenvalue weighted by molar-refractivity contribution is 5.90. The summed E-state index contributed by atoms with van der Waals surface area (Å²) in [6.07, 6.45) is 4.00. The number of hydrogen-bond acceptors (Lipinski definition) is 8. The van der Waals surface area contributed by atoms with Gasteiger partial charge in [0.25, 0.3) is 5.69 Å². The van der Waals surface area contributed by atoms with Crippen LogP contribution in [0, 0.1) is 10.1 Å². The summed E-state index contributed by atoms with van der Waals surface area (Å²) in [5.41, 5.74) is 1.81. The van der Waals surface area contributed by atoms with Gasteiger partial charge in [-0.15, -0.1) is 0 Å². The third kappa shape index (κ3) is 5.31. The molecule has 0 aliphatic heterocycles. The van der Waals surface area contributed by atoms with Gasteiger partial charge >= 0.3 is 0 Å². The number of fused-ring (bicyclic) bond motifs is 1. The van der Waals surface area contributed by atoms with E-state index in [0.717, 1.165) is 48.0 Å². The average molecular weight is 451 g/mol. The molecule has 2 N–H and O–H groups in total. The molecule has 0 unspecified atom stereocenters. The highest BCUT2D eigenvalue weighted by atomic mass is 16.6. The zero-order valence-corrected chi connectivity index (χ0v) is 19.2. The van der Waals surface area contributed by atoms with Crippen LogP contribution >= 0.6 is 0 Å². The molecule has 0 saturated heterocycles. The lowest BCUT2D eigenvalue weighted by molar-refractivity contribution is -0.384. The number of ether oxygens (including phenoxy) is 1. The van der Waals surface area contributed by atoms with E-state index in [2.05, 4.69) is 10.6 Å². The summed E-state index contributed by atoms with van der Waals surface area (Å²) >= 11 is 0. The summed E-state index contributed by atoms with van der Waals surface area (Å²) < 4.78 is 5.37. The fraction of sp³-hybridized carbons (Fsp3) is 0.417. The Balaban J connectivity index is 1.35. The first-order valence-electron chi connectivity index (χ1n) is 11.2. The van der Waals surface area contributed by atoms with Gasteiger partial charge in [-0.1, -0.05) is 12.1 Å². The van der Waals surface area contributed by atoms with Crippen LogP contribution in [0.2, 0.25) is 0 Å². The maximum atomic E-state index is 11.1. The smallest absolute Gasteiger partial charge is 0.270 e. The molecule has 9 heteroatoms. The molecule has 0 spiro atoms. The lowest BCUT2D eigenvalue weighted by Crippen LogP contribution is -2.37. The van der Waals surface area contributed by atoms with E-state index in [1.165, 1.54) is 6.07 Å². The van der Waals surface area contributed by atoms with Crippen molar-refractivity contribution in [1.29, 1.82) is 0 Å². The molecule has 1 aliphatic carbocycles. The molecule has 2 aromatic carbocycles. The Morgan fingerprint density at radius 3 is 2.52 bits per heavy atom. The minimum Gasteiger partial charge on any atom is -0.496 e. The standard InChI is InChI=1S/C24H30N6O3/c1-29(2)23-20-6-4-5-7-21(20)27-24(28-23)26-18-10-8-17(9-11-18)25-15-16-14-19(30(31)32)12-13-22(16)33-3/h4-7,12-14,17-18,25H,8-11,15H2,1-3H3,(H,26,27,28)/t17-,18+. The normalized spacial score (nSPS) is 18.2. The summed E-state index contributed by atoms with van der Waals surface area (Å²) in [5.74, 6) is 2.23. The number of methoxy groups -OCH3 is 1. The number of nitrogens with zero attached hydrogens (tertiary/aromatic N) is 4. The minimum absolute atomic E-state index is 0.0768. The zero-order valence-electron chi connectivity index (χ0n) is 19.2. The summed E-state index contributed by atoms with van der Waals surface area (Å²) in [6, 6.07) is 13.4. The average Bonchev–Trinajstić information content (AvgIpc) is 2.82. The van der Waals surface area contributed by atoms with Crippen molar-refractivity contribution in [3.05, 3.63) is 58.1 Å². The van der Waals surface area contributed by atoms with E-state index < -0.39 is 0 Å². The molecule has 4 rings (SSSR count). The predicted molar refractivity (Wildman–Crippen MR) is 130 cm³/mol. The lowest BCUT2D eigenvalue weighted by Gasteiger charge is -2.30. The van der Waals surface area contributed by atoms with Crippen LogP contribution in [0.15, 0.2) is 42.5 Å². The summed E-state index contributed by atoms with van der Waals surface area (Å²) in [7, 11) is 5.57. The first kappa shape index (κ1) is 22.7. The van der Waals surface area contributed by atoms with Crippen LogP contribution in [0.25, 0.3) is 10.9 Å². The molecule has 0 amide bonds. The van der Waals surface area contributed by atoms with Gasteiger partial charge in [0, 0.05) is 55.8 Å². The first-order chi connectivity index (χ1) is 15.9. The van der Waals surface area contributed by atoms with Crippen LogP contribution in [0.5, 0.6) is 5.75 Å². The van der Waals surface area contributed by atoms with Gasteiger partial charge in [-0.25, -0.2) is 4.98 Å². The van der Waals surface area contributed by atoms with Gasteiger partial charge < -0.3 is 20.3 Å². The number of aromatic nitrogens is 2. The number of nitrogens with one attached hydrogen (secondary N) is 2. The van der Waals surface area contributed by atoms with Crippen LogP contribution in [-0.4, -0.2) is 48.2 Å². The molecule has 0 radical (unpaired) electrons. The third-order valence-electron chi connectivity index (χ3n) is 6.12. The van der Waals surface area contributed by atoms with Gasteiger partial charge in [0.2, 0.25) is 5.95 Å². The molecule has 1 aromatic heterocycles. The van der Waals surface area contributed by atoms with Crippen LogP contribution in [0.4, 0.5) is 17.5 Å². The molecule has 1 fully saturated rings. The highest BCUT2D eigenvalue weighted by Gasteiger charge is 2.23. The fourth-order valence-corrected chi connectivity index (χ4v) is 4.36.